The summed E-state index contributed by atoms with van der Waals surface area (Å²) < 4.78 is 22.6. The van der Waals surface area contributed by atoms with Gasteiger partial charge in [0.25, 0.3) is 5.89 Å². The van der Waals surface area contributed by atoms with Crippen molar-refractivity contribution in [3.63, 3.8) is 0 Å². The number of rotatable bonds is 5. The molecule has 0 amide bonds. The van der Waals surface area contributed by atoms with E-state index in [1.165, 1.54) is 0 Å². The number of aromatic nitrogens is 2. The highest BCUT2D eigenvalue weighted by atomic mass is 16.6. The van der Waals surface area contributed by atoms with Crippen molar-refractivity contribution in [1.29, 1.82) is 0 Å². The lowest BCUT2D eigenvalue weighted by atomic mass is 10.2. The Balaban J connectivity index is 1.48. The number of ether oxygens (including phenoxy) is 2. The van der Waals surface area contributed by atoms with Crippen LogP contribution >= 0.6 is 0 Å². The summed E-state index contributed by atoms with van der Waals surface area (Å²) in [6, 6.07) is 17.2. The summed E-state index contributed by atoms with van der Waals surface area (Å²) in [5.41, 5.74) is 1.58. The number of hydrogen-bond acceptors (Lipinski definition) is 6. The summed E-state index contributed by atoms with van der Waals surface area (Å²) in [4.78, 5) is 0. The highest BCUT2D eigenvalue weighted by molar-refractivity contribution is 5.87. The second-order valence-corrected chi connectivity index (χ2v) is 5.82. The van der Waals surface area contributed by atoms with Crippen LogP contribution in [0.1, 0.15) is 0 Å². The average molecular weight is 334 g/mol. The molecule has 1 saturated heterocycles. The van der Waals surface area contributed by atoms with Gasteiger partial charge in [0, 0.05) is 11.6 Å². The van der Waals surface area contributed by atoms with Gasteiger partial charge in [-0.3, -0.25) is 0 Å². The maximum Gasteiger partial charge on any atom is 0.283 e. The van der Waals surface area contributed by atoms with Gasteiger partial charge in [-0.2, -0.15) is 0 Å². The van der Waals surface area contributed by atoms with Crippen molar-refractivity contribution in [3.8, 4) is 28.9 Å². The molecule has 0 radical (unpaired) electrons. The highest BCUT2D eigenvalue weighted by Crippen LogP contribution is 2.34. The molecule has 1 aliphatic rings. The molecule has 25 heavy (non-hydrogen) atoms. The van der Waals surface area contributed by atoms with Gasteiger partial charge in [0.15, 0.2) is 5.76 Å². The molecular weight excluding hydrogens is 320 g/mol. The van der Waals surface area contributed by atoms with Crippen LogP contribution in [0.4, 0.5) is 0 Å². The monoisotopic (exact) mass is 334 g/mol. The fourth-order valence-corrected chi connectivity index (χ4v) is 2.63. The predicted octanol–water partition coefficient (Wildman–Crippen LogP) is 3.93. The Labute approximate surface area is 143 Å². The first-order valence-corrected chi connectivity index (χ1v) is 8.03. The minimum atomic E-state index is 0.200. The molecule has 2 aromatic heterocycles. The zero-order valence-electron chi connectivity index (χ0n) is 13.2. The van der Waals surface area contributed by atoms with Crippen LogP contribution in [-0.4, -0.2) is 29.5 Å². The van der Waals surface area contributed by atoms with Gasteiger partial charge >= 0.3 is 0 Å². The van der Waals surface area contributed by atoms with Crippen molar-refractivity contribution in [3.05, 3.63) is 54.6 Å². The maximum atomic E-state index is 5.86. The quantitative estimate of drug-likeness (QED) is 0.515. The highest BCUT2D eigenvalue weighted by Gasteiger charge is 2.24. The second-order valence-electron chi connectivity index (χ2n) is 5.82. The fraction of sp³-hybridized carbons (Fsp3) is 0.158. The van der Waals surface area contributed by atoms with Crippen molar-refractivity contribution in [2.45, 2.75) is 6.10 Å². The van der Waals surface area contributed by atoms with Gasteiger partial charge in [-0.15, -0.1) is 10.2 Å². The van der Waals surface area contributed by atoms with E-state index in [4.69, 9.17) is 18.3 Å². The molecule has 0 N–H and O–H groups in total. The minimum Gasteiger partial charge on any atom is -0.490 e. The van der Waals surface area contributed by atoms with Crippen molar-refractivity contribution >= 4 is 11.0 Å². The van der Waals surface area contributed by atoms with Crippen LogP contribution in [-0.2, 0) is 4.74 Å². The number of epoxide rings is 1. The van der Waals surface area contributed by atoms with Gasteiger partial charge in [0.05, 0.1) is 12.0 Å². The largest absolute Gasteiger partial charge is 0.490 e. The van der Waals surface area contributed by atoms with Crippen molar-refractivity contribution in [2.24, 2.45) is 0 Å². The third kappa shape index (κ3) is 2.77. The summed E-state index contributed by atoms with van der Waals surface area (Å²) in [6.45, 7) is 1.30. The van der Waals surface area contributed by atoms with Crippen LogP contribution in [0.5, 0.6) is 5.75 Å². The molecule has 0 unspecified atom stereocenters. The molecule has 0 bridgehead atoms. The fourth-order valence-electron chi connectivity index (χ4n) is 2.63. The van der Waals surface area contributed by atoms with Gasteiger partial charge in [-0.05, 0) is 24.3 Å². The Morgan fingerprint density at radius 3 is 2.64 bits per heavy atom. The van der Waals surface area contributed by atoms with E-state index in [0.29, 0.717) is 29.7 Å². The third-order valence-corrected chi connectivity index (χ3v) is 4.01. The van der Waals surface area contributed by atoms with E-state index in [0.717, 1.165) is 23.3 Å². The molecule has 3 heterocycles. The number of nitrogens with zero attached hydrogens (tertiary/aromatic N) is 2. The van der Waals surface area contributed by atoms with Crippen LogP contribution in [0.3, 0.4) is 0 Å². The molecule has 4 aromatic rings. The number of furan rings is 1. The van der Waals surface area contributed by atoms with Gasteiger partial charge in [-0.1, -0.05) is 24.3 Å². The molecule has 124 valence electrons. The smallest absolute Gasteiger partial charge is 0.283 e. The molecule has 5 rings (SSSR count). The lowest BCUT2D eigenvalue weighted by Crippen LogP contribution is -2.03. The van der Waals surface area contributed by atoms with Gasteiger partial charge in [-0.25, -0.2) is 0 Å². The maximum absolute atomic E-state index is 5.86. The topological polar surface area (TPSA) is 73.8 Å². The van der Waals surface area contributed by atoms with E-state index in [2.05, 4.69) is 10.2 Å². The Hall–Kier alpha value is -3.12. The van der Waals surface area contributed by atoms with Crippen molar-refractivity contribution < 1.29 is 18.3 Å². The Kier molecular flexibility index (Phi) is 3.28. The van der Waals surface area contributed by atoms with Crippen molar-refractivity contribution in [1.82, 2.24) is 10.2 Å². The summed E-state index contributed by atoms with van der Waals surface area (Å²) >= 11 is 0. The average Bonchev–Trinajstić information content (AvgIpc) is 3.18. The Bertz CT molecular complexity index is 1020. The van der Waals surface area contributed by atoms with Crippen LogP contribution in [0.15, 0.2) is 63.4 Å². The van der Waals surface area contributed by atoms with Crippen LogP contribution in [0, 0.1) is 0 Å². The molecule has 1 fully saturated rings. The SMILES string of the molecule is c1ccc(-c2nnc(-c3cc4c(OC[C@@H]5CO5)cccc4o3)o2)cc1. The lowest BCUT2D eigenvalue weighted by molar-refractivity contribution is 0.265. The van der Waals surface area contributed by atoms with E-state index < -0.39 is 0 Å². The Morgan fingerprint density at radius 1 is 0.960 bits per heavy atom. The van der Waals surface area contributed by atoms with E-state index in [9.17, 15) is 0 Å². The second kappa shape index (κ2) is 5.75. The Morgan fingerprint density at radius 2 is 1.80 bits per heavy atom. The standard InChI is InChI=1S/C19H14N2O4/c1-2-5-12(6-3-1)18-20-21-19(25-18)17-9-14-15(23-11-13-10-22-13)7-4-8-16(14)24-17/h1-9,13H,10-11H2/t13-/m0/s1. The zero-order chi connectivity index (χ0) is 16.6. The first-order valence-electron chi connectivity index (χ1n) is 8.03. The van der Waals surface area contributed by atoms with Crippen molar-refractivity contribution in [2.75, 3.05) is 13.2 Å². The molecule has 6 nitrogen and oxygen atoms in total. The molecule has 2 aromatic carbocycles. The minimum absolute atomic E-state index is 0.200. The predicted molar refractivity (Wildman–Crippen MR) is 90.2 cm³/mol. The van der Waals surface area contributed by atoms with E-state index in [1.54, 1.807) is 0 Å². The van der Waals surface area contributed by atoms with Crippen LogP contribution in [0.25, 0.3) is 34.1 Å². The number of benzene rings is 2. The molecule has 0 aliphatic carbocycles. The third-order valence-electron chi connectivity index (χ3n) is 4.01. The van der Waals surface area contributed by atoms with Gasteiger partial charge in [0.2, 0.25) is 5.89 Å². The van der Waals surface area contributed by atoms with E-state index in [1.807, 2.05) is 54.6 Å². The molecule has 1 aliphatic heterocycles. The molecule has 0 saturated carbocycles. The first-order chi connectivity index (χ1) is 12.4. The first kappa shape index (κ1) is 14.2. The van der Waals surface area contributed by atoms with Gasteiger partial charge < -0.3 is 18.3 Å². The normalized spacial score (nSPS) is 16.2. The summed E-state index contributed by atoms with van der Waals surface area (Å²) in [7, 11) is 0. The van der Waals surface area contributed by atoms with Gasteiger partial charge in [0.1, 0.15) is 24.0 Å². The van der Waals surface area contributed by atoms with E-state index in [-0.39, 0.29) is 6.10 Å². The van der Waals surface area contributed by atoms with Crippen LogP contribution < -0.4 is 4.74 Å². The van der Waals surface area contributed by atoms with E-state index >= 15 is 0 Å². The molecular formula is C19H14N2O4. The zero-order valence-corrected chi connectivity index (χ0v) is 13.2. The summed E-state index contributed by atoms with van der Waals surface area (Å²) in [5, 5.41) is 9.07. The summed E-state index contributed by atoms with van der Waals surface area (Å²) in [5.74, 6) is 2.07. The molecule has 0 spiro atoms. The number of hydrogen-bond donors (Lipinski definition) is 0. The molecule has 1 atom stereocenters. The lowest BCUT2D eigenvalue weighted by Gasteiger charge is -2.04. The molecule has 6 heteroatoms. The number of fused-ring (bicyclic) bond motifs is 1. The summed E-state index contributed by atoms with van der Waals surface area (Å²) in [6.07, 6.45) is 0.200. The van der Waals surface area contributed by atoms with Crippen LogP contribution in [0.2, 0.25) is 0 Å².